The Hall–Kier alpha value is -0.240. The van der Waals surface area contributed by atoms with Gasteiger partial charge in [-0.25, -0.2) is 4.39 Å². The highest BCUT2D eigenvalue weighted by atomic mass is 35.5. The van der Waals surface area contributed by atoms with Crippen molar-refractivity contribution >= 4 is 48.4 Å². The molecule has 2 atom stereocenters. The Morgan fingerprint density at radius 3 is 2.37 bits per heavy atom. The number of halogens is 3. The highest BCUT2D eigenvalue weighted by Gasteiger charge is 2.32. The number of aliphatic carboxylic acids is 1. The normalized spacial score (nSPS) is 15.7. The Balaban J connectivity index is -0.00000128. The van der Waals surface area contributed by atoms with Crippen LogP contribution in [0.25, 0.3) is 0 Å². The zero-order valence-electron chi connectivity index (χ0n) is 11.0. The predicted octanol–water partition coefficient (Wildman–Crippen LogP) is 1.47. The van der Waals surface area contributed by atoms with Gasteiger partial charge in [-0.3, -0.25) is 9.79 Å². The van der Waals surface area contributed by atoms with E-state index in [1.54, 1.807) is 13.8 Å². The van der Waals surface area contributed by atoms with Crippen LogP contribution < -0.4 is 11.5 Å². The second kappa shape index (κ2) is 11.6. The quantitative estimate of drug-likeness (QED) is 0.459. The minimum absolute atomic E-state index is 0. The summed E-state index contributed by atoms with van der Waals surface area (Å²) in [6.45, 7) is 2.97. The molecule has 0 bridgehead atoms. The summed E-state index contributed by atoms with van der Waals surface area (Å²) in [5, 5.41) is 8.56. The number of carbonyl (C=O) groups is 1. The summed E-state index contributed by atoms with van der Waals surface area (Å²) in [4.78, 5) is 14.9. The van der Waals surface area contributed by atoms with Gasteiger partial charge in [0.05, 0.1) is 17.6 Å². The number of nitrogens with zero attached hydrogens (tertiary/aromatic N) is 1. The van der Waals surface area contributed by atoms with Crippen LogP contribution in [0.3, 0.4) is 0 Å². The second-order valence-electron chi connectivity index (χ2n) is 3.88. The van der Waals surface area contributed by atoms with Gasteiger partial charge in [-0.1, -0.05) is 6.92 Å². The number of aliphatic imine (C=N–C) groups is 1. The van der Waals surface area contributed by atoms with Crippen LogP contribution in [0.15, 0.2) is 4.99 Å². The molecule has 0 rings (SSSR count). The third-order valence-electron chi connectivity index (χ3n) is 2.35. The van der Waals surface area contributed by atoms with Crippen LogP contribution in [0.1, 0.15) is 20.3 Å². The van der Waals surface area contributed by atoms with E-state index in [9.17, 15) is 9.18 Å². The fourth-order valence-corrected chi connectivity index (χ4v) is 2.10. The van der Waals surface area contributed by atoms with Gasteiger partial charge in [0.15, 0.2) is 0 Å². The number of thioether (sulfide) groups is 1. The lowest BCUT2D eigenvalue weighted by molar-refractivity contribution is -0.142. The van der Waals surface area contributed by atoms with Crippen LogP contribution in [0.5, 0.6) is 0 Å². The molecule has 0 aliphatic rings. The molecular formula is C10H22Cl2FN3O2S. The molecule has 0 saturated heterocycles. The summed E-state index contributed by atoms with van der Waals surface area (Å²) in [7, 11) is 0. The third kappa shape index (κ3) is 9.32. The van der Waals surface area contributed by atoms with Crippen LogP contribution in [0.4, 0.5) is 4.39 Å². The molecule has 0 aromatic carbocycles. The van der Waals surface area contributed by atoms with E-state index in [4.69, 9.17) is 16.6 Å². The highest BCUT2D eigenvalue weighted by molar-refractivity contribution is 8.00. The van der Waals surface area contributed by atoms with Crippen molar-refractivity contribution in [1.82, 2.24) is 0 Å². The molecular weight excluding hydrogens is 316 g/mol. The lowest BCUT2D eigenvalue weighted by Gasteiger charge is -2.24. The fourth-order valence-electron chi connectivity index (χ4n) is 0.973. The van der Waals surface area contributed by atoms with Crippen molar-refractivity contribution in [3.63, 3.8) is 0 Å². The molecule has 5 N–H and O–H groups in total. The standard InChI is InChI=1S/C10H20FN3O2S.2ClH/c1-3-10(13,9(15)16)6-17-8(4-11)5-14-7(2)12;;/h8H,3-6,13H2,1-2H3,(H2,12,14)(H,15,16);2*1H/t8-,10+;;/m1../s1. The van der Waals surface area contributed by atoms with E-state index in [1.807, 2.05) is 0 Å². The van der Waals surface area contributed by atoms with E-state index in [-0.39, 0.29) is 37.1 Å². The summed E-state index contributed by atoms with van der Waals surface area (Å²) < 4.78 is 12.7. The number of amidine groups is 1. The van der Waals surface area contributed by atoms with Crippen molar-refractivity contribution in [2.45, 2.75) is 31.1 Å². The molecule has 0 aliphatic carbocycles. The molecule has 0 amide bonds. The maximum Gasteiger partial charge on any atom is 0.324 e. The zero-order chi connectivity index (χ0) is 13.5. The van der Waals surface area contributed by atoms with Crippen LogP contribution >= 0.6 is 36.6 Å². The lowest BCUT2D eigenvalue weighted by Crippen LogP contribution is -2.50. The van der Waals surface area contributed by atoms with Crippen molar-refractivity contribution < 1.29 is 14.3 Å². The number of hydrogen-bond acceptors (Lipinski definition) is 4. The lowest BCUT2D eigenvalue weighted by atomic mass is 10.0. The molecule has 0 aliphatic heterocycles. The molecule has 116 valence electrons. The molecule has 19 heavy (non-hydrogen) atoms. The van der Waals surface area contributed by atoms with Gasteiger partial charge in [-0.05, 0) is 13.3 Å². The minimum atomic E-state index is -1.31. The number of rotatable bonds is 8. The zero-order valence-corrected chi connectivity index (χ0v) is 13.4. The Labute approximate surface area is 129 Å². The van der Waals surface area contributed by atoms with Crippen molar-refractivity contribution in [1.29, 1.82) is 0 Å². The van der Waals surface area contributed by atoms with Gasteiger partial charge in [0.1, 0.15) is 12.2 Å². The van der Waals surface area contributed by atoms with Gasteiger partial charge >= 0.3 is 5.97 Å². The number of alkyl halides is 1. The van der Waals surface area contributed by atoms with Crippen LogP contribution in [-0.4, -0.2) is 46.7 Å². The fraction of sp³-hybridized carbons (Fsp3) is 0.800. The van der Waals surface area contributed by atoms with Crippen molar-refractivity contribution in [3.05, 3.63) is 0 Å². The molecule has 9 heteroatoms. The molecule has 0 fully saturated rings. The van der Waals surface area contributed by atoms with Gasteiger partial charge in [-0.15, -0.1) is 24.8 Å². The molecule has 0 aromatic rings. The summed E-state index contributed by atoms with van der Waals surface area (Å²) in [6, 6.07) is 0. The Morgan fingerprint density at radius 1 is 1.53 bits per heavy atom. The van der Waals surface area contributed by atoms with Crippen LogP contribution in [0.2, 0.25) is 0 Å². The molecule has 0 spiro atoms. The van der Waals surface area contributed by atoms with Gasteiger partial charge in [0.25, 0.3) is 0 Å². The highest BCUT2D eigenvalue weighted by Crippen LogP contribution is 2.20. The molecule has 0 heterocycles. The van der Waals surface area contributed by atoms with E-state index in [2.05, 4.69) is 4.99 Å². The number of hydrogen-bond donors (Lipinski definition) is 3. The van der Waals surface area contributed by atoms with E-state index < -0.39 is 23.4 Å². The summed E-state index contributed by atoms with van der Waals surface area (Å²) in [5.41, 5.74) is 9.74. The maximum absolute atomic E-state index is 12.7. The van der Waals surface area contributed by atoms with Gasteiger partial charge < -0.3 is 16.6 Å². The van der Waals surface area contributed by atoms with Crippen LogP contribution in [0, 0.1) is 0 Å². The van der Waals surface area contributed by atoms with Crippen molar-refractivity contribution in [2.24, 2.45) is 16.5 Å². The average Bonchev–Trinajstić information content (AvgIpc) is 2.28. The van der Waals surface area contributed by atoms with Crippen molar-refractivity contribution in [2.75, 3.05) is 19.0 Å². The van der Waals surface area contributed by atoms with E-state index in [0.29, 0.717) is 12.3 Å². The monoisotopic (exact) mass is 337 g/mol. The van der Waals surface area contributed by atoms with E-state index >= 15 is 0 Å². The smallest absolute Gasteiger partial charge is 0.324 e. The molecule has 0 unspecified atom stereocenters. The Bertz CT molecular complexity index is 294. The number of carboxylic acids is 1. The first-order valence-corrected chi connectivity index (χ1v) is 6.37. The molecule has 5 nitrogen and oxygen atoms in total. The summed E-state index contributed by atoms with van der Waals surface area (Å²) >= 11 is 1.18. The molecule has 0 aromatic heterocycles. The average molecular weight is 338 g/mol. The van der Waals surface area contributed by atoms with Crippen LogP contribution in [-0.2, 0) is 4.79 Å². The SMILES string of the molecule is CC[C@](N)(CS[C@H](CF)CN=C(C)N)C(=O)O.Cl.Cl. The number of nitrogens with two attached hydrogens (primary N) is 2. The second-order valence-corrected chi connectivity index (χ2v) is 5.17. The van der Waals surface area contributed by atoms with Gasteiger partial charge in [-0.2, -0.15) is 11.8 Å². The first kappa shape index (κ1) is 23.8. The Kier molecular flexibility index (Phi) is 14.5. The first-order chi connectivity index (χ1) is 7.85. The topological polar surface area (TPSA) is 102 Å². The number of carboxylic acid groups (broad SMARTS) is 1. The largest absolute Gasteiger partial charge is 0.480 e. The Morgan fingerprint density at radius 2 is 2.05 bits per heavy atom. The third-order valence-corrected chi connectivity index (χ3v) is 3.78. The predicted molar refractivity (Wildman–Crippen MR) is 83.7 cm³/mol. The minimum Gasteiger partial charge on any atom is -0.480 e. The van der Waals surface area contributed by atoms with E-state index in [1.165, 1.54) is 11.8 Å². The van der Waals surface area contributed by atoms with Gasteiger partial charge in [0.2, 0.25) is 0 Å². The summed E-state index contributed by atoms with van der Waals surface area (Å²) in [6.07, 6.45) is 0.299. The first-order valence-electron chi connectivity index (χ1n) is 5.32. The van der Waals surface area contributed by atoms with Crippen molar-refractivity contribution in [3.8, 4) is 0 Å². The molecule has 0 radical (unpaired) electrons. The summed E-state index contributed by atoms with van der Waals surface area (Å²) in [5.74, 6) is -0.521. The van der Waals surface area contributed by atoms with Gasteiger partial charge in [0, 0.05) is 5.75 Å². The van der Waals surface area contributed by atoms with E-state index in [0.717, 1.165) is 0 Å². The maximum atomic E-state index is 12.7. The molecule has 0 saturated carbocycles.